The fourth-order valence-electron chi connectivity index (χ4n) is 0.0833. The zero-order valence-electron chi connectivity index (χ0n) is 5.98. The van der Waals surface area contributed by atoms with Crippen molar-refractivity contribution in [3.05, 3.63) is 6.92 Å². The van der Waals surface area contributed by atoms with E-state index in [0.29, 0.717) is 6.61 Å². The summed E-state index contributed by atoms with van der Waals surface area (Å²) < 4.78 is 4.36. The van der Waals surface area contributed by atoms with Crippen LogP contribution in [0.15, 0.2) is 0 Å². The van der Waals surface area contributed by atoms with Gasteiger partial charge in [-0.15, -0.1) is 0 Å². The van der Waals surface area contributed by atoms with E-state index >= 15 is 0 Å². The van der Waals surface area contributed by atoms with Gasteiger partial charge < -0.3 is 28.6 Å². The monoisotopic (exact) mass is 202 g/mol. The van der Waals surface area contributed by atoms with Crippen LogP contribution >= 0.6 is 0 Å². The van der Waals surface area contributed by atoms with Gasteiger partial charge in [-0.3, -0.25) is 0 Å². The van der Waals surface area contributed by atoms with Crippen molar-refractivity contribution in [1.82, 2.24) is 0 Å². The molecule has 0 saturated heterocycles. The maximum absolute atomic E-state index is 4.67. The van der Waals surface area contributed by atoms with Gasteiger partial charge in [0.25, 0.3) is 0 Å². The molecule has 0 aliphatic heterocycles. The van der Waals surface area contributed by atoms with Crippen LogP contribution in [0.1, 0.15) is 13.8 Å². The minimum Gasteiger partial charge on any atom is -1.00 e. The van der Waals surface area contributed by atoms with E-state index in [0.717, 1.165) is 0 Å². The first-order valence-corrected chi connectivity index (χ1v) is 2.20. The van der Waals surface area contributed by atoms with Crippen LogP contribution in [0.5, 0.6) is 0 Å². The Hall–Kier alpha value is 0.606. The molecule has 0 amide bonds. The second-order valence-electron chi connectivity index (χ2n) is 0.551. The first-order valence-electron chi connectivity index (χ1n) is 2.20. The van der Waals surface area contributed by atoms with Crippen molar-refractivity contribution < 1.29 is 21.7 Å². The Kier molecular flexibility index (Phi) is 96.3. The van der Waals surface area contributed by atoms with Crippen molar-refractivity contribution in [2.75, 3.05) is 6.61 Å². The molecule has 0 aromatic carbocycles. The molecule has 0 aromatic rings. The molecule has 0 unspecified atom stereocenters. The molecule has 0 aromatic heterocycles. The zero-order chi connectivity index (χ0) is 6.12. The van der Waals surface area contributed by atoms with E-state index in [1.807, 2.05) is 13.0 Å². The molecule has 0 aliphatic carbocycles. The molecule has 3 heteroatoms. The molecule has 0 bridgehead atoms. The van der Waals surface area contributed by atoms with Crippen LogP contribution in [0.4, 0.5) is 0 Å². The summed E-state index contributed by atoms with van der Waals surface area (Å²) in [5, 5.41) is 0. The smallest absolute Gasteiger partial charge is 1.00 e. The number of hydrogen-bond donors (Lipinski definition) is 0. The Morgan fingerprint density at radius 3 is 1.89 bits per heavy atom. The normalized spacial score (nSPS) is 3.78. The molecule has 0 saturated carbocycles. The minimum absolute atomic E-state index is 0. The standard InChI is InChI=1S/C4H6O.C2H5.BrH.Mg/c1-3-5-4-2;1-2;;/h1H,4H2,2H3;1H2,2H3;1H;/q;-1;;+2/p-1. The van der Waals surface area contributed by atoms with Gasteiger partial charge in [0.15, 0.2) is 0 Å². The van der Waals surface area contributed by atoms with Gasteiger partial charge in [-0.1, -0.05) is 6.42 Å². The topological polar surface area (TPSA) is 9.23 Å². The molecule has 50 valence electrons. The van der Waals surface area contributed by atoms with Gasteiger partial charge in [-0.25, -0.2) is 0 Å². The van der Waals surface area contributed by atoms with Crippen molar-refractivity contribution in [1.29, 1.82) is 0 Å². The molecule has 0 spiro atoms. The Morgan fingerprint density at radius 2 is 1.89 bits per heavy atom. The van der Waals surface area contributed by atoms with E-state index in [9.17, 15) is 0 Å². The minimum atomic E-state index is 0. The third-order valence-corrected chi connectivity index (χ3v) is 0.228. The van der Waals surface area contributed by atoms with E-state index in [4.69, 9.17) is 0 Å². The molecule has 0 heterocycles. The van der Waals surface area contributed by atoms with Gasteiger partial charge >= 0.3 is 23.1 Å². The van der Waals surface area contributed by atoms with Gasteiger partial charge in [0.05, 0.1) is 6.61 Å². The maximum atomic E-state index is 4.67. The van der Waals surface area contributed by atoms with Crippen LogP contribution in [-0.2, 0) is 4.74 Å². The average molecular weight is 203 g/mol. The van der Waals surface area contributed by atoms with Crippen molar-refractivity contribution in [2.45, 2.75) is 13.8 Å². The van der Waals surface area contributed by atoms with Crippen LogP contribution in [-0.4, -0.2) is 29.7 Å². The maximum Gasteiger partial charge on any atom is 2.00 e. The van der Waals surface area contributed by atoms with Gasteiger partial charge in [0.2, 0.25) is 0 Å². The fraction of sp³-hybridized carbons (Fsp3) is 0.500. The molecular weight excluding hydrogens is 192 g/mol. The number of hydrogen-bond acceptors (Lipinski definition) is 1. The summed E-state index contributed by atoms with van der Waals surface area (Å²) >= 11 is 0. The first kappa shape index (κ1) is 22.6. The van der Waals surface area contributed by atoms with E-state index in [2.05, 4.69) is 18.1 Å². The molecular formula is C6H11BrMgO. The second kappa shape index (κ2) is 38.3. The van der Waals surface area contributed by atoms with Crippen LogP contribution in [0.2, 0.25) is 0 Å². The largest absolute Gasteiger partial charge is 2.00 e. The van der Waals surface area contributed by atoms with Crippen molar-refractivity contribution >= 4 is 23.1 Å². The van der Waals surface area contributed by atoms with E-state index in [1.165, 1.54) is 0 Å². The summed E-state index contributed by atoms with van der Waals surface area (Å²) in [6.45, 7) is 7.45. The summed E-state index contributed by atoms with van der Waals surface area (Å²) in [6.07, 6.45) is 6.68. The second-order valence-corrected chi connectivity index (χ2v) is 0.551. The van der Waals surface area contributed by atoms with Crippen molar-refractivity contribution in [3.8, 4) is 12.5 Å². The molecule has 0 N–H and O–H groups in total. The van der Waals surface area contributed by atoms with E-state index in [1.54, 1.807) is 6.92 Å². The van der Waals surface area contributed by atoms with Crippen LogP contribution in [0, 0.1) is 19.5 Å². The summed E-state index contributed by atoms with van der Waals surface area (Å²) in [7, 11) is 0. The average Bonchev–Trinajstić information content (AvgIpc) is 1.75. The third kappa shape index (κ3) is 55.3. The predicted molar refractivity (Wildman–Crippen MR) is 37.2 cm³/mol. The summed E-state index contributed by atoms with van der Waals surface area (Å²) in [5.41, 5.74) is 0. The quantitative estimate of drug-likeness (QED) is 0.274. The third-order valence-electron chi connectivity index (χ3n) is 0.228. The number of rotatable bonds is 1. The van der Waals surface area contributed by atoms with Gasteiger partial charge in [-0.05, 0) is 6.92 Å². The number of halogens is 1. The van der Waals surface area contributed by atoms with Crippen molar-refractivity contribution in [3.63, 3.8) is 0 Å². The van der Waals surface area contributed by atoms with Gasteiger partial charge in [0.1, 0.15) is 6.11 Å². The fourth-order valence-corrected chi connectivity index (χ4v) is 0.0833. The molecule has 0 aliphatic rings. The van der Waals surface area contributed by atoms with Gasteiger partial charge in [-0.2, -0.15) is 6.92 Å². The molecule has 0 atom stereocenters. The molecule has 0 radical (unpaired) electrons. The van der Waals surface area contributed by atoms with Crippen molar-refractivity contribution in [2.24, 2.45) is 0 Å². The van der Waals surface area contributed by atoms with Crippen LogP contribution < -0.4 is 17.0 Å². The Balaban J connectivity index is -0.0000000286. The molecule has 1 nitrogen and oxygen atoms in total. The summed E-state index contributed by atoms with van der Waals surface area (Å²) in [6, 6.07) is 0. The number of ether oxygens (including phenoxy) is 1. The summed E-state index contributed by atoms with van der Waals surface area (Å²) in [5.74, 6) is 0. The van der Waals surface area contributed by atoms with Crippen LogP contribution in [0.3, 0.4) is 0 Å². The number of terminal acetylenes is 1. The van der Waals surface area contributed by atoms with Gasteiger partial charge in [0, 0.05) is 0 Å². The van der Waals surface area contributed by atoms with Crippen LogP contribution in [0.25, 0.3) is 0 Å². The molecule has 0 fully saturated rings. The Bertz CT molecular complexity index is 51.5. The first-order chi connectivity index (χ1) is 3.41. The predicted octanol–water partition coefficient (Wildman–Crippen LogP) is -1.92. The Labute approximate surface area is 84.5 Å². The van der Waals surface area contributed by atoms with E-state index in [-0.39, 0.29) is 40.0 Å². The SMILES string of the molecule is C#COCC.[Br-].[CH2-]C.[Mg+2]. The summed E-state index contributed by atoms with van der Waals surface area (Å²) in [4.78, 5) is 0. The molecule has 9 heavy (non-hydrogen) atoms. The Morgan fingerprint density at radius 1 is 1.56 bits per heavy atom. The molecule has 0 rings (SSSR count). The zero-order valence-corrected chi connectivity index (χ0v) is 8.99. The van der Waals surface area contributed by atoms with E-state index < -0.39 is 0 Å².